The van der Waals surface area contributed by atoms with Gasteiger partial charge in [-0.3, -0.25) is 4.79 Å². The molecule has 0 aliphatic carbocycles. The number of nitrogens with zero attached hydrogens (tertiary/aromatic N) is 1. The van der Waals surface area contributed by atoms with Crippen molar-refractivity contribution in [3.8, 4) is 5.75 Å². The highest BCUT2D eigenvalue weighted by Gasteiger charge is 2.32. The number of sulfonamides is 1. The molecule has 0 aromatic heterocycles. The third-order valence-electron chi connectivity index (χ3n) is 5.42. The molecule has 1 atom stereocenters. The number of piperidine rings is 1. The van der Waals surface area contributed by atoms with Gasteiger partial charge in [0.1, 0.15) is 18.2 Å². The Hall–Kier alpha value is -2.45. The zero-order valence-corrected chi connectivity index (χ0v) is 18.7. The number of benzene rings is 2. The average Bonchev–Trinajstić information content (AvgIpc) is 2.75. The highest BCUT2D eigenvalue weighted by atomic mass is 32.2. The van der Waals surface area contributed by atoms with Crippen LogP contribution in [0.3, 0.4) is 0 Å². The number of amides is 1. The number of ether oxygens (including phenoxy) is 1. The maximum atomic E-state index is 13.8. The van der Waals surface area contributed by atoms with Crippen LogP contribution in [0.25, 0.3) is 0 Å². The van der Waals surface area contributed by atoms with E-state index in [1.165, 1.54) is 22.5 Å². The van der Waals surface area contributed by atoms with Crippen LogP contribution in [-0.2, 0) is 20.6 Å². The fourth-order valence-corrected chi connectivity index (χ4v) is 5.13. The Morgan fingerprint density at radius 2 is 1.81 bits per heavy atom. The van der Waals surface area contributed by atoms with E-state index in [4.69, 9.17) is 4.74 Å². The standard InChI is InChI=1S/C23H29FN2O4S/c1-17-7-9-21(10-8-17)30-15-18(2)25-23(27)19-11-13-26(14-12-19)31(28,29)16-20-5-3-4-6-22(20)24/h3-10,18-19H,11-16H2,1-2H3,(H,25,27). The molecule has 1 saturated heterocycles. The molecular weight excluding hydrogens is 419 g/mol. The van der Waals surface area contributed by atoms with E-state index in [1.54, 1.807) is 6.07 Å². The second-order valence-electron chi connectivity index (χ2n) is 8.05. The molecule has 0 bridgehead atoms. The van der Waals surface area contributed by atoms with E-state index in [0.717, 1.165) is 11.3 Å². The van der Waals surface area contributed by atoms with Gasteiger partial charge in [0.25, 0.3) is 0 Å². The van der Waals surface area contributed by atoms with Crippen LogP contribution < -0.4 is 10.1 Å². The molecule has 1 aliphatic heterocycles. The van der Waals surface area contributed by atoms with E-state index in [-0.39, 0.29) is 42.3 Å². The first kappa shape index (κ1) is 23.2. The van der Waals surface area contributed by atoms with Crippen LogP contribution in [0.5, 0.6) is 5.75 Å². The van der Waals surface area contributed by atoms with Gasteiger partial charge in [-0.25, -0.2) is 17.1 Å². The van der Waals surface area contributed by atoms with Crippen LogP contribution in [0.2, 0.25) is 0 Å². The van der Waals surface area contributed by atoms with Gasteiger partial charge in [0.15, 0.2) is 0 Å². The topological polar surface area (TPSA) is 75.7 Å². The molecule has 1 heterocycles. The number of hydrogen-bond donors (Lipinski definition) is 1. The largest absolute Gasteiger partial charge is 0.491 e. The normalized spacial score (nSPS) is 16.6. The lowest BCUT2D eigenvalue weighted by atomic mass is 9.97. The number of carbonyl (C=O) groups is 1. The van der Waals surface area contributed by atoms with Gasteiger partial charge in [-0.15, -0.1) is 0 Å². The minimum atomic E-state index is -3.63. The molecule has 3 rings (SSSR count). The van der Waals surface area contributed by atoms with E-state index < -0.39 is 15.8 Å². The monoisotopic (exact) mass is 448 g/mol. The lowest BCUT2D eigenvalue weighted by Crippen LogP contribution is -2.46. The van der Waals surface area contributed by atoms with Gasteiger partial charge in [0.2, 0.25) is 15.9 Å². The molecular formula is C23H29FN2O4S. The molecule has 0 radical (unpaired) electrons. The van der Waals surface area contributed by atoms with Crippen LogP contribution in [0.4, 0.5) is 4.39 Å². The van der Waals surface area contributed by atoms with Gasteiger partial charge >= 0.3 is 0 Å². The van der Waals surface area contributed by atoms with E-state index in [2.05, 4.69) is 5.32 Å². The van der Waals surface area contributed by atoms with E-state index >= 15 is 0 Å². The third kappa shape index (κ3) is 6.51. The van der Waals surface area contributed by atoms with E-state index in [0.29, 0.717) is 19.4 Å². The summed E-state index contributed by atoms with van der Waals surface area (Å²) in [6.07, 6.45) is 0.877. The smallest absolute Gasteiger partial charge is 0.223 e. The Morgan fingerprint density at radius 3 is 2.45 bits per heavy atom. The maximum absolute atomic E-state index is 13.8. The number of carbonyl (C=O) groups excluding carboxylic acids is 1. The molecule has 1 aliphatic rings. The summed E-state index contributed by atoms with van der Waals surface area (Å²) in [4.78, 5) is 12.6. The van der Waals surface area contributed by atoms with Gasteiger partial charge in [-0.2, -0.15) is 0 Å². The first-order chi connectivity index (χ1) is 14.7. The maximum Gasteiger partial charge on any atom is 0.223 e. The van der Waals surface area contributed by atoms with Crippen molar-refractivity contribution in [2.45, 2.75) is 38.5 Å². The zero-order chi connectivity index (χ0) is 22.4. The SMILES string of the molecule is Cc1ccc(OCC(C)NC(=O)C2CCN(S(=O)(=O)Cc3ccccc3F)CC2)cc1. The van der Waals surface area contributed by atoms with Crippen LogP contribution in [0.1, 0.15) is 30.9 Å². The summed E-state index contributed by atoms with van der Waals surface area (Å²) >= 11 is 0. The molecule has 6 nitrogen and oxygen atoms in total. The lowest BCUT2D eigenvalue weighted by Gasteiger charge is -2.31. The van der Waals surface area contributed by atoms with Crippen LogP contribution in [0.15, 0.2) is 48.5 Å². The summed E-state index contributed by atoms with van der Waals surface area (Å²) in [5, 5.41) is 2.95. The highest BCUT2D eigenvalue weighted by molar-refractivity contribution is 7.88. The molecule has 1 unspecified atom stereocenters. The minimum absolute atomic E-state index is 0.0915. The van der Waals surface area contributed by atoms with Crippen molar-refractivity contribution in [3.63, 3.8) is 0 Å². The van der Waals surface area contributed by atoms with E-state index in [9.17, 15) is 17.6 Å². The van der Waals surface area contributed by atoms with Crippen LogP contribution in [0, 0.1) is 18.7 Å². The summed E-state index contributed by atoms with van der Waals surface area (Å²) in [5.74, 6) is -0.487. The fraction of sp³-hybridized carbons (Fsp3) is 0.435. The quantitative estimate of drug-likeness (QED) is 0.673. The minimum Gasteiger partial charge on any atom is -0.491 e. The van der Waals surface area contributed by atoms with Gasteiger partial charge in [-0.05, 0) is 44.9 Å². The summed E-state index contributed by atoms with van der Waals surface area (Å²) in [6, 6.07) is 13.4. The number of nitrogens with one attached hydrogen (secondary N) is 1. The number of halogens is 1. The third-order valence-corrected chi connectivity index (χ3v) is 7.25. The molecule has 0 saturated carbocycles. The van der Waals surface area contributed by atoms with Crippen LogP contribution >= 0.6 is 0 Å². The van der Waals surface area contributed by atoms with Gasteiger partial charge in [0.05, 0.1) is 11.8 Å². The summed E-state index contributed by atoms with van der Waals surface area (Å²) in [6.45, 7) is 4.74. The molecule has 8 heteroatoms. The van der Waals surface area contributed by atoms with Gasteiger partial charge in [0, 0.05) is 24.6 Å². The van der Waals surface area contributed by atoms with Crippen molar-refractivity contribution in [1.29, 1.82) is 0 Å². The van der Waals surface area contributed by atoms with Crippen molar-refractivity contribution in [2.24, 2.45) is 5.92 Å². The molecule has 0 spiro atoms. The van der Waals surface area contributed by atoms with Crippen molar-refractivity contribution in [2.75, 3.05) is 19.7 Å². The Labute approximate surface area is 183 Å². The fourth-order valence-electron chi connectivity index (χ4n) is 3.56. The average molecular weight is 449 g/mol. The summed E-state index contributed by atoms with van der Waals surface area (Å²) in [5.41, 5.74) is 1.31. The molecule has 1 fully saturated rings. The molecule has 1 amide bonds. The van der Waals surface area contributed by atoms with Crippen LogP contribution in [-0.4, -0.2) is 44.4 Å². The first-order valence-electron chi connectivity index (χ1n) is 10.5. The number of rotatable bonds is 8. The Bertz CT molecular complexity index is 987. The molecule has 1 N–H and O–H groups in total. The van der Waals surface area contributed by atoms with Crippen molar-refractivity contribution in [3.05, 3.63) is 65.5 Å². The lowest BCUT2D eigenvalue weighted by molar-refractivity contribution is -0.126. The van der Waals surface area contributed by atoms with Crippen molar-refractivity contribution < 1.29 is 22.3 Å². The molecule has 2 aromatic rings. The number of hydrogen-bond acceptors (Lipinski definition) is 4. The number of aryl methyl sites for hydroxylation is 1. The predicted molar refractivity (Wildman–Crippen MR) is 118 cm³/mol. The van der Waals surface area contributed by atoms with Crippen molar-refractivity contribution >= 4 is 15.9 Å². The first-order valence-corrected chi connectivity index (χ1v) is 12.1. The second kappa shape index (κ2) is 10.2. The van der Waals surface area contributed by atoms with Gasteiger partial charge < -0.3 is 10.1 Å². The summed E-state index contributed by atoms with van der Waals surface area (Å²) < 4.78 is 46.2. The predicted octanol–water partition coefficient (Wildman–Crippen LogP) is 3.26. The Morgan fingerprint density at radius 1 is 1.16 bits per heavy atom. The van der Waals surface area contributed by atoms with Gasteiger partial charge in [-0.1, -0.05) is 35.9 Å². The molecule has 2 aromatic carbocycles. The Kier molecular flexibility index (Phi) is 7.67. The second-order valence-corrected chi connectivity index (χ2v) is 10.0. The summed E-state index contributed by atoms with van der Waals surface area (Å²) in [7, 11) is -3.63. The zero-order valence-electron chi connectivity index (χ0n) is 17.9. The molecule has 31 heavy (non-hydrogen) atoms. The molecule has 168 valence electrons. The van der Waals surface area contributed by atoms with Crippen molar-refractivity contribution in [1.82, 2.24) is 9.62 Å². The highest BCUT2D eigenvalue weighted by Crippen LogP contribution is 2.23. The Balaban J connectivity index is 1.45. The van der Waals surface area contributed by atoms with E-state index in [1.807, 2.05) is 38.1 Å².